The van der Waals surface area contributed by atoms with E-state index in [1.807, 2.05) is 6.92 Å². The minimum absolute atomic E-state index is 0.177. The standard InChI is InChI=1S/C16H15FO3/c1-10-8-14(19-2)15(20-3)9-13(10)16(18)11-4-6-12(17)7-5-11/h4-9H,1-3H3. The molecular weight excluding hydrogens is 259 g/mol. The van der Waals surface area contributed by atoms with Crippen LogP contribution in [0.1, 0.15) is 21.5 Å². The van der Waals surface area contributed by atoms with Crippen molar-refractivity contribution in [2.24, 2.45) is 0 Å². The quantitative estimate of drug-likeness (QED) is 0.802. The fourth-order valence-electron chi connectivity index (χ4n) is 1.98. The van der Waals surface area contributed by atoms with Gasteiger partial charge in [-0.3, -0.25) is 4.79 Å². The van der Waals surface area contributed by atoms with Gasteiger partial charge in [-0.15, -0.1) is 0 Å². The largest absolute Gasteiger partial charge is 0.493 e. The Morgan fingerprint density at radius 3 is 2.10 bits per heavy atom. The van der Waals surface area contributed by atoms with Gasteiger partial charge in [-0.05, 0) is 48.9 Å². The minimum Gasteiger partial charge on any atom is -0.493 e. The van der Waals surface area contributed by atoms with Crippen LogP contribution < -0.4 is 9.47 Å². The van der Waals surface area contributed by atoms with E-state index in [1.54, 1.807) is 19.2 Å². The molecule has 0 aliphatic rings. The SMILES string of the molecule is COc1cc(C)c(C(=O)c2ccc(F)cc2)cc1OC. The molecule has 0 aliphatic carbocycles. The lowest BCUT2D eigenvalue weighted by atomic mass is 9.98. The molecule has 2 aromatic carbocycles. The van der Waals surface area contributed by atoms with Crippen LogP contribution in [0.25, 0.3) is 0 Å². The molecule has 20 heavy (non-hydrogen) atoms. The van der Waals surface area contributed by atoms with Crippen LogP contribution >= 0.6 is 0 Å². The molecular formula is C16H15FO3. The van der Waals surface area contributed by atoms with Gasteiger partial charge in [-0.25, -0.2) is 4.39 Å². The Balaban J connectivity index is 2.46. The molecule has 3 nitrogen and oxygen atoms in total. The molecule has 0 aliphatic heterocycles. The van der Waals surface area contributed by atoms with Crippen molar-refractivity contribution in [3.05, 3.63) is 58.9 Å². The van der Waals surface area contributed by atoms with Gasteiger partial charge in [0.15, 0.2) is 17.3 Å². The third-order valence-electron chi connectivity index (χ3n) is 3.08. The Kier molecular flexibility index (Phi) is 4.03. The van der Waals surface area contributed by atoms with Crippen molar-refractivity contribution in [3.8, 4) is 11.5 Å². The van der Waals surface area contributed by atoms with Gasteiger partial charge in [0.05, 0.1) is 14.2 Å². The number of ketones is 1. The summed E-state index contributed by atoms with van der Waals surface area (Å²) in [5.41, 5.74) is 1.72. The first kappa shape index (κ1) is 14.1. The molecule has 0 saturated carbocycles. The Hall–Kier alpha value is -2.36. The predicted molar refractivity (Wildman–Crippen MR) is 74.1 cm³/mol. The maximum Gasteiger partial charge on any atom is 0.193 e. The molecule has 0 amide bonds. The average molecular weight is 274 g/mol. The maximum atomic E-state index is 12.9. The van der Waals surface area contributed by atoms with Crippen molar-refractivity contribution >= 4 is 5.78 Å². The van der Waals surface area contributed by atoms with Crippen LogP contribution in [-0.4, -0.2) is 20.0 Å². The number of hydrogen-bond acceptors (Lipinski definition) is 3. The monoisotopic (exact) mass is 274 g/mol. The van der Waals surface area contributed by atoms with Gasteiger partial charge in [-0.1, -0.05) is 0 Å². The van der Waals surface area contributed by atoms with Crippen LogP contribution in [0.5, 0.6) is 11.5 Å². The van der Waals surface area contributed by atoms with Crippen molar-refractivity contribution in [1.29, 1.82) is 0 Å². The van der Waals surface area contributed by atoms with Gasteiger partial charge in [-0.2, -0.15) is 0 Å². The second-order valence-corrected chi connectivity index (χ2v) is 4.36. The molecule has 104 valence electrons. The summed E-state index contributed by atoms with van der Waals surface area (Å²) in [6.45, 7) is 1.82. The van der Waals surface area contributed by atoms with E-state index in [0.717, 1.165) is 5.56 Å². The molecule has 2 rings (SSSR count). The lowest BCUT2D eigenvalue weighted by molar-refractivity contribution is 0.103. The van der Waals surface area contributed by atoms with Crippen LogP contribution in [0.15, 0.2) is 36.4 Å². The first-order valence-corrected chi connectivity index (χ1v) is 6.09. The molecule has 0 bridgehead atoms. The number of ether oxygens (including phenoxy) is 2. The summed E-state index contributed by atoms with van der Waals surface area (Å²) in [5, 5.41) is 0. The number of carbonyl (C=O) groups excluding carboxylic acids is 1. The predicted octanol–water partition coefficient (Wildman–Crippen LogP) is 3.38. The fraction of sp³-hybridized carbons (Fsp3) is 0.188. The van der Waals surface area contributed by atoms with Crippen molar-refractivity contribution in [2.75, 3.05) is 14.2 Å². The van der Waals surface area contributed by atoms with E-state index >= 15 is 0 Å². The molecule has 0 aromatic heterocycles. The zero-order valence-corrected chi connectivity index (χ0v) is 11.6. The molecule has 0 unspecified atom stereocenters. The van der Waals surface area contributed by atoms with Gasteiger partial charge in [0.2, 0.25) is 0 Å². The summed E-state index contributed by atoms with van der Waals surface area (Å²) >= 11 is 0. The molecule has 4 heteroatoms. The fourth-order valence-corrected chi connectivity index (χ4v) is 1.98. The molecule has 2 aromatic rings. The normalized spacial score (nSPS) is 10.2. The Morgan fingerprint density at radius 2 is 1.55 bits per heavy atom. The van der Waals surface area contributed by atoms with Crippen LogP contribution in [0.4, 0.5) is 4.39 Å². The number of hydrogen-bond donors (Lipinski definition) is 0. The first-order valence-electron chi connectivity index (χ1n) is 6.09. The molecule has 0 N–H and O–H groups in total. The van der Waals surface area contributed by atoms with Crippen LogP contribution in [0.3, 0.4) is 0 Å². The van der Waals surface area contributed by atoms with Gasteiger partial charge in [0.1, 0.15) is 5.82 Å². The number of aryl methyl sites for hydroxylation is 1. The second kappa shape index (κ2) is 5.74. The van der Waals surface area contributed by atoms with E-state index in [2.05, 4.69) is 0 Å². The van der Waals surface area contributed by atoms with Crippen LogP contribution in [0, 0.1) is 12.7 Å². The van der Waals surface area contributed by atoms with E-state index in [-0.39, 0.29) is 11.6 Å². The minimum atomic E-state index is -0.370. The summed E-state index contributed by atoms with van der Waals surface area (Å²) in [6, 6.07) is 8.85. The summed E-state index contributed by atoms with van der Waals surface area (Å²) in [5.74, 6) is 0.512. The van der Waals surface area contributed by atoms with Crippen molar-refractivity contribution in [1.82, 2.24) is 0 Å². The maximum absolute atomic E-state index is 12.9. The van der Waals surface area contributed by atoms with E-state index < -0.39 is 0 Å². The van der Waals surface area contributed by atoms with Gasteiger partial charge < -0.3 is 9.47 Å². The number of rotatable bonds is 4. The number of halogens is 1. The Labute approximate surface area is 117 Å². The highest BCUT2D eigenvalue weighted by molar-refractivity contribution is 6.10. The highest BCUT2D eigenvalue weighted by Gasteiger charge is 2.16. The Morgan fingerprint density at radius 1 is 1.00 bits per heavy atom. The van der Waals surface area contributed by atoms with Crippen LogP contribution in [-0.2, 0) is 0 Å². The highest BCUT2D eigenvalue weighted by atomic mass is 19.1. The van der Waals surface area contributed by atoms with E-state index in [0.29, 0.717) is 22.6 Å². The van der Waals surface area contributed by atoms with Crippen LogP contribution in [0.2, 0.25) is 0 Å². The van der Waals surface area contributed by atoms with Crippen molar-refractivity contribution < 1.29 is 18.7 Å². The van der Waals surface area contributed by atoms with Gasteiger partial charge in [0, 0.05) is 11.1 Å². The van der Waals surface area contributed by atoms with E-state index in [9.17, 15) is 9.18 Å². The summed E-state index contributed by atoms with van der Waals surface area (Å²) < 4.78 is 23.3. The number of carbonyl (C=O) groups is 1. The topological polar surface area (TPSA) is 35.5 Å². The average Bonchev–Trinajstić information content (AvgIpc) is 2.47. The van der Waals surface area contributed by atoms with Crippen molar-refractivity contribution in [2.45, 2.75) is 6.92 Å². The lowest BCUT2D eigenvalue weighted by Crippen LogP contribution is -2.05. The first-order chi connectivity index (χ1) is 9.56. The van der Waals surface area contributed by atoms with Crippen molar-refractivity contribution in [3.63, 3.8) is 0 Å². The van der Waals surface area contributed by atoms with Gasteiger partial charge in [0.25, 0.3) is 0 Å². The second-order valence-electron chi connectivity index (χ2n) is 4.36. The Bertz CT molecular complexity index is 633. The summed E-state index contributed by atoms with van der Waals surface area (Å²) in [4.78, 5) is 12.4. The summed E-state index contributed by atoms with van der Waals surface area (Å²) in [6.07, 6.45) is 0. The smallest absolute Gasteiger partial charge is 0.193 e. The lowest BCUT2D eigenvalue weighted by Gasteiger charge is -2.12. The van der Waals surface area contributed by atoms with Gasteiger partial charge >= 0.3 is 0 Å². The molecule has 0 heterocycles. The zero-order chi connectivity index (χ0) is 14.7. The molecule has 0 fully saturated rings. The summed E-state index contributed by atoms with van der Waals surface area (Å²) in [7, 11) is 3.05. The number of benzene rings is 2. The number of methoxy groups -OCH3 is 2. The molecule has 0 radical (unpaired) electrons. The molecule has 0 spiro atoms. The molecule has 0 atom stereocenters. The third-order valence-corrected chi connectivity index (χ3v) is 3.08. The van der Waals surface area contributed by atoms with E-state index in [1.165, 1.54) is 31.4 Å². The van der Waals surface area contributed by atoms with E-state index in [4.69, 9.17) is 9.47 Å². The third kappa shape index (κ3) is 2.64. The molecule has 0 saturated heterocycles. The highest BCUT2D eigenvalue weighted by Crippen LogP contribution is 2.31. The zero-order valence-electron chi connectivity index (χ0n) is 11.6.